The molecule has 7 atom stereocenters. The molecule has 0 bridgehead atoms. The van der Waals surface area contributed by atoms with Crippen LogP contribution >= 0.6 is 0 Å². The number of hydrogen-bond acceptors (Lipinski definition) is 5. The summed E-state index contributed by atoms with van der Waals surface area (Å²) in [6.07, 6.45) is 9.16. The molecule has 0 aliphatic heterocycles. The minimum Gasteiger partial charge on any atom is -0.450 e. The second-order valence-electron chi connectivity index (χ2n) is 10.7. The van der Waals surface area contributed by atoms with Crippen molar-refractivity contribution in [2.45, 2.75) is 82.8 Å². The van der Waals surface area contributed by atoms with Crippen molar-refractivity contribution in [1.29, 1.82) is 0 Å². The molecule has 0 spiro atoms. The highest BCUT2D eigenvalue weighted by Gasteiger charge is 2.66. The van der Waals surface area contributed by atoms with Crippen LogP contribution in [0.4, 0.5) is 4.79 Å². The Morgan fingerprint density at radius 3 is 2.61 bits per heavy atom. The van der Waals surface area contributed by atoms with E-state index in [1.165, 1.54) is 11.6 Å². The maximum absolute atomic E-state index is 12.2. The Kier molecular flexibility index (Phi) is 4.67. The third-order valence-electron chi connectivity index (χ3n) is 9.64. The number of ether oxygens (including phenoxy) is 1. The third-order valence-corrected chi connectivity index (χ3v) is 9.64. The Bertz CT molecular complexity index is 960. The first-order valence-electron chi connectivity index (χ1n) is 11.6. The first-order valence-corrected chi connectivity index (χ1v) is 11.6. The molecule has 2 N–H and O–H groups in total. The zero-order valence-corrected chi connectivity index (χ0v) is 18.3. The smallest absolute Gasteiger partial charge is 0.450 e. The van der Waals surface area contributed by atoms with E-state index < -0.39 is 11.8 Å². The molecule has 0 amide bonds. The Labute approximate surface area is 182 Å². The predicted molar refractivity (Wildman–Crippen MR) is 114 cm³/mol. The maximum atomic E-state index is 12.2. The Hall–Kier alpha value is -2.08. The van der Waals surface area contributed by atoms with Gasteiger partial charge in [-0.2, -0.15) is 0 Å². The van der Waals surface area contributed by atoms with Gasteiger partial charge >= 0.3 is 11.8 Å². The number of carbonyl (C=O) groups is 1. The number of fused-ring (bicyclic) bond motifs is 5. The van der Waals surface area contributed by atoms with Gasteiger partial charge in [-0.3, -0.25) is 0 Å². The van der Waals surface area contributed by atoms with Crippen molar-refractivity contribution in [1.82, 2.24) is 0 Å². The monoisotopic (exact) mass is 428 g/mol. The molecule has 6 nitrogen and oxygen atoms in total. The normalized spacial score (nSPS) is 43.9. The molecule has 1 heterocycles. The topological polar surface area (TPSA) is 97.0 Å². The summed E-state index contributed by atoms with van der Waals surface area (Å²) in [5, 5.41) is 21.2. The molecule has 168 valence electrons. The van der Waals surface area contributed by atoms with Crippen LogP contribution in [0.1, 0.15) is 76.7 Å². The molecule has 1 aromatic rings. The zero-order chi connectivity index (χ0) is 22.0. The van der Waals surface area contributed by atoms with Crippen LogP contribution in [0.3, 0.4) is 0 Å². The standard InChI is InChI=1S/C25H32O6/c1-23-10-7-17(31-22(27)28)13-16(23)4-5-20-19(23)8-11-24(2)18(9-12-25(20,24)29)15-3-6-21(26)30-14-15/h3,6,13-14,17-20,29H,4-5,7-12H2,1-2H3,(H,27,28)/t17-,18+,19-,20+,23-,24+,25-/m0/s1. The highest BCUT2D eigenvalue weighted by atomic mass is 16.7. The van der Waals surface area contributed by atoms with Crippen LogP contribution in [0.25, 0.3) is 0 Å². The number of aliphatic hydroxyl groups is 1. The maximum Gasteiger partial charge on any atom is 0.506 e. The van der Waals surface area contributed by atoms with Crippen molar-refractivity contribution in [3.8, 4) is 0 Å². The summed E-state index contributed by atoms with van der Waals surface area (Å²) >= 11 is 0. The fraction of sp³-hybridized carbons (Fsp3) is 0.680. The fourth-order valence-electron chi connectivity index (χ4n) is 7.99. The largest absolute Gasteiger partial charge is 0.506 e. The van der Waals surface area contributed by atoms with Gasteiger partial charge in [0.2, 0.25) is 0 Å². The quantitative estimate of drug-likeness (QED) is 0.516. The second-order valence-corrected chi connectivity index (χ2v) is 10.7. The van der Waals surface area contributed by atoms with E-state index in [1.807, 2.05) is 6.07 Å². The summed E-state index contributed by atoms with van der Waals surface area (Å²) in [5.74, 6) is 0.808. The van der Waals surface area contributed by atoms with Crippen molar-refractivity contribution in [3.63, 3.8) is 0 Å². The molecule has 4 aliphatic rings. The SMILES string of the molecule is C[C@]12CC[C@H](OC(=O)O)C=C1CC[C@@H]1[C@@H]2CC[C@]2(C)[C@@H](c3ccc(=O)oc3)CC[C@]12O. The average Bonchev–Trinajstić information content (AvgIpc) is 3.00. The molecule has 31 heavy (non-hydrogen) atoms. The summed E-state index contributed by atoms with van der Waals surface area (Å²) in [5.41, 5.74) is 1.02. The summed E-state index contributed by atoms with van der Waals surface area (Å²) in [6, 6.07) is 3.35. The molecule has 3 saturated carbocycles. The minimum absolute atomic E-state index is 0.00400. The van der Waals surface area contributed by atoms with Crippen molar-refractivity contribution in [2.24, 2.45) is 22.7 Å². The van der Waals surface area contributed by atoms with Gasteiger partial charge < -0.3 is 19.4 Å². The van der Waals surface area contributed by atoms with E-state index in [2.05, 4.69) is 19.9 Å². The lowest BCUT2D eigenvalue weighted by Crippen LogP contribution is -2.60. The third kappa shape index (κ3) is 2.94. The van der Waals surface area contributed by atoms with Crippen LogP contribution in [-0.4, -0.2) is 28.1 Å². The first-order chi connectivity index (χ1) is 14.7. The van der Waals surface area contributed by atoms with E-state index >= 15 is 0 Å². The highest BCUT2D eigenvalue weighted by molar-refractivity contribution is 5.57. The van der Waals surface area contributed by atoms with Crippen molar-refractivity contribution in [3.05, 3.63) is 46.0 Å². The number of allylic oxidation sites excluding steroid dienone is 1. The van der Waals surface area contributed by atoms with E-state index in [0.717, 1.165) is 50.5 Å². The van der Waals surface area contributed by atoms with Crippen LogP contribution < -0.4 is 5.63 Å². The number of hydrogen-bond donors (Lipinski definition) is 2. The number of rotatable bonds is 2. The lowest BCUT2D eigenvalue weighted by atomic mass is 9.45. The van der Waals surface area contributed by atoms with Gasteiger partial charge in [-0.1, -0.05) is 19.4 Å². The molecule has 0 radical (unpaired) electrons. The van der Waals surface area contributed by atoms with Gasteiger partial charge in [0.15, 0.2) is 0 Å². The lowest BCUT2D eigenvalue weighted by Gasteiger charge is -2.61. The summed E-state index contributed by atoms with van der Waals surface area (Å²) in [6.45, 7) is 4.55. The number of carboxylic acid groups (broad SMARTS) is 1. The van der Waals surface area contributed by atoms with Crippen molar-refractivity contribution in [2.75, 3.05) is 0 Å². The zero-order valence-electron chi connectivity index (χ0n) is 18.3. The van der Waals surface area contributed by atoms with Gasteiger partial charge in [-0.15, -0.1) is 0 Å². The predicted octanol–water partition coefficient (Wildman–Crippen LogP) is 4.86. The van der Waals surface area contributed by atoms with E-state index in [1.54, 1.807) is 6.26 Å². The molecule has 0 saturated heterocycles. The molecule has 4 aliphatic carbocycles. The van der Waals surface area contributed by atoms with E-state index in [-0.39, 0.29) is 34.4 Å². The fourth-order valence-corrected chi connectivity index (χ4v) is 7.99. The molecule has 0 unspecified atom stereocenters. The van der Waals surface area contributed by atoms with Crippen LogP contribution in [0.2, 0.25) is 0 Å². The molecular weight excluding hydrogens is 396 g/mol. The Balaban J connectivity index is 1.45. The highest BCUT2D eigenvalue weighted by Crippen LogP contribution is 2.70. The Morgan fingerprint density at radius 2 is 1.90 bits per heavy atom. The lowest BCUT2D eigenvalue weighted by molar-refractivity contribution is -0.178. The van der Waals surface area contributed by atoms with Gasteiger partial charge in [-0.25, -0.2) is 9.59 Å². The van der Waals surface area contributed by atoms with Crippen molar-refractivity contribution < 1.29 is 24.2 Å². The van der Waals surface area contributed by atoms with E-state index in [0.29, 0.717) is 12.3 Å². The van der Waals surface area contributed by atoms with Crippen LogP contribution in [0.5, 0.6) is 0 Å². The minimum atomic E-state index is -1.21. The van der Waals surface area contributed by atoms with Gasteiger partial charge in [0.1, 0.15) is 6.10 Å². The molecule has 5 rings (SSSR count). The van der Waals surface area contributed by atoms with Gasteiger partial charge in [0, 0.05) is 11.5 Å². The summed E-state index contributed by atoms with van der Waals surface area (Å²) in [4.78, 5) is 22.4. The van der Waals surface area contributed by atoms with Crippen LogP contribution in [-0.2, 0) is 4.74 Å². The summed E-state index contributed by atoms with van der Waals surface area (Å²) < 4.78 is 10.2. The average molecular weight is 429 g/mol. The van der Waals surface area contributed by atoms with Gasteiger partial charge in [0.05, 0.1) is 11.9 Å². The van der Waals surface area contributed by atoms with E-state index in [4.69, 9.17) is 14.3 Å². The summed E-state index contributed by atoms with van der Waals surface area (Å²) in [7, 11) is 0. The van der Waals surface area contributed by atoms with Crippen LogP contribution in [0, 0.1) is 22.7 Å². The Morgan fingerprint density at radius 1 is 1.10 bits per heavy atom. The molecular formula is C25H32O6. The molecule has 6 heteroatoms. The molecule has 0 aromatic carbocycles. The van der Waals surface area contributed by atoms with Gasteiger partial charge in [-0.05, 0) is 92.2 Å². The van der Waals surface area contributed by atoms with Gasteiger partial charge in [0.25, 0.3) is 0 Å². The van der Waals surface area contributed by atoms with Crippen molar-refractivity contribution >= 4 is 6.16 Å². The first kappa shape index (κ1) is 20.8. The molecule has 3 fully saturated rings. The van der Waals surface area contributed by atoms with Crippen LogP contribution in [0.15, 0.2) is 39.3 Å². The van der Waals surface area contributed by atoms with E-state index in [9.17, 15) is 14.7 Å². The molecule has 1 aromatic heterocycles. The second kappa shape index (κ2) is 6.96.